The Morgan fingerprint density at radius 1 is 1.00 bits per heavy atom. The first-order chi connectivity index (χ1) is 7.42. The minimum absolute atomic E-state index is 0.469. The lowest BCUT2D eigenvalue weighted by Gasteiger charge is -2.02. The maximum Gasteiger partial charge on any atom is 0.120 e. The molecule has 0 saturated heterocycles. The molecule has 0 aliphatic carbocycles. The van der Waals surface area contributed by atoms with Crippen LogP contribution in [0.3, 0.4) is 0 Å². The smallest absolute Gasteiger partial charge is 0.120 e. The molecule has 2 rings (SSSR count). The second-order valence-corrected chi connectivity index (χ2v) is 2.94. The van der Waals surface area contributed by atoms with Crippen molar-refractivity contribution >= 4 is 5.71 Å². The van der Waals surface area contributed by atoms with E-state index in [2.05, 4.69) is 15.1 Å². The minimum atomic E-state index is 0.469. The van der Waals surface area contributed by atoms with Gasteiger partial charge in [-0.05, 0) is 0 Å². The summed E-state index contributed by atoms with van der Waals surface area (Å²) in [5.74, 6) is 0. The average molecular weight is 199 g/mol. The quantitative estimate of drug-likeness (QED) is 0.455. The summed E-state index contributed by atoms with van der Waals surface area (Å²) in [5.41, 5.74) is 1.98. The van der Waals surface area contributed by atoms with E-state index in [1.165, 1.54) is 6.33 Å². The average Bonchev–Trinajstić information content (AvgIpc) is 2.33. The Hall–Kier alpha value is -2.23. The molecule has 0 radical (unpaired) electrons. The highest BCUT2D eigenvalue weighted by molar-refractivity contribution is 6.12. The summed E-state index contributed by atoms with van der Waals surface area (Å²) in [6.45, 7) is 0. The second-order valence-electron chi connectivity index (χ2n) is 2.94. The number of oxime groups is 1. The first-order valence-electron chi connectivity index (χ1n) is 4.44. The van der Waals surface area contributed by atoms with Crippen LogP contribution in [0.1, 0.15) is 11.1 Å². The Morgan fingerprint density at radius 2 is 1.67 bits per heavy atom. The van der Waals surface area contributed by atoms with Crippen LogP contribution in [-0.4, -0.2) is 20.9 Å². The van der Waals surface area contributed by atoms with Gasteiger partial charge in [-0.3, -0.25) is 0 Å². The van der Waals surface area contributed by atoms with E-state index in [0.29, 0.717) is 11.3 Å². The molecule has 1 aromatic carbocycles. The molecule has 0 amide bonds. The molecule has 0 spiro atoms. The van der Waals surface area contributed by atoms with Crippen molar-refractivity contribution in [3.8, 4) is 0 Å². The highest BCUT2D eigenvalue weighted by Crippen LogP contribution is 2.08. The summed E-state index contributed by atoms with van der Waals surface area (Å²) in [4.78, 5) is 7.75. The largest absolute Gasteiger partial charge is 0.410 e. The highest BCUT2D eigenvalue weighted by Gasteiger charge is 2.06. The zero-order valence-corrected chi connectivity index (χ0v) is 7.91. The van der Waals surface area contributed by atoms with Gasteiger partial charge in [0, 0.05) is 23.5 Å². The summed E-state index contributed by atoms with van der Waals surface area (Å²) in [7, 11) is 0. The molecule has 0 aliphatic heterocycles. The standard InChI is InChI=1S/C11H9N3O/c15-14-11(9-4-2-1-3-5-9)10-6-12-8-13-7-10/h1-8,15H/b14-11-. The lowest BCUT2D eigenvalue weighted by Crippen LogP contribution is -2.03. The van der Waals surface area contributed by atoms with Crippen LogP contribution < -0.4 is 0 Å². The van der Waals surface area contributed by atoms with Crippen molar-refractivity contribution in [3.63, 3.8) is 0 Å². The Balaban J connectivity index is 2.44. The number of hydrogen-bond donors (Lipinski definition) is 1. The summed E-state index contributed by atoms with van der Waals surface area (Å²) in [6.07, 6.45) is 4.65. The first kappa shape index (κ1) is 9.33. The van der Waals surface area contributed by atoms with E-state index in [4.69, 9.17) is 5.21 Å². The van der Waals surface area contributed by atoms with Crippen LogP contribution in [0.25, 0.3) is 0 Å². The van der Waals surface area contributed by atoms with Crippen molar-refractivity contribution in [3.05, 3.63) is 60.2 Å². The van der Waals surface area contributed by atoms with Crippen molar-refractivity contribution in [1.82, 2.24) is 9.97 Å². The maximum absolute atomic E-state index is 8.97. The summed E-state index contributed by atoms with van der Waals surface area (Å²) in [5, 5.41) is 12.2. The van der Waals surface area contributed by atoms with Crippen LogP contribution in [0.2, 0.25) is 0 Å². The second kappa shape index (κ2) is 4.32. The fraction of sp³-hybridized carbons (Fsp3) is 0. The predicted octanol–water partition coefficient (Wildman–Crippen LogP) is 1.70. The van der Waals surface area contributed by atoms with E-state index in [1.807, 2.05) is 30.3 Å². The Bertz CT molecular complexity index is 412. The van der Waals surface area contributed by atoms with Crippen molar-refractivity contribution in [2.45, 2.75) is 0 Å². The number of benzene rings is 1. The van der Waals surface area contributed by atoms with Gasteiger partial charge < -0.3 is 5.21 Å². The van der Waals surface area contributed by atoms with Crippen molar-refractivity contribution in [2.24, 2.45) is 5.16 Å². The van der Waals surface area contributed by atoms with Gasteiger partial charge in [0.25, 0.3) is 0 Å². The fourth-order valence-electron chi connectivity index (χ4n) is 1.30. The van der Waals surface area contributed by atoms with Crippen LogP contribution in [0.4, 0.5) is 0 Å². The Labute approximate surface area is 86.9 Å². The lowest BCUT2D eigenvalue weighted by molar-refractivity contribution is 0.319. The fourth-order valence-corrected chi connectivity index (χ4v) is 1.30. The molecule has 4 heteroatoms. The Morgan fingerprint density at radius 3 is 2.27 bits per heavy atom. The molecule has 1 heterocycles. The third-order valence-corrected chi connectivity index (χ3v) is 1.98. The summed E-state index contributed by atoms with van der Waals surface area (Å²) in [6, 6.07) is 9.39. The molecule has 0 fully saturated rings. The van der Waals surface area contributed by atoms with Crippen LogP contribution >= 0.6 is 0 Å². The van der Waals surface area contributed by atoms with E-state index >= 15 is 0 Å². The van der Waals surface area contributed by atoms with Crippen LogP contribution in [0, 0.1) is 0 Å². The van der Waals surface area contributed by atoms with E-state index in [0.717, 1.165) is 5.56 Å². The number of hydrogen-bond acceptors (Lipinski definition) is 4. The van der Waals surface area contributed by atoms with Gasteiger partial charge in [-0.25, -0.2) is 9.97 Å². The molecule has 0 atom stereocenters. The highest BCUT2D eigenvalue weighted by atomic mass is 16.4. The molecular weight excluding hydrogens is 190 g/mol. The van der Waals surface area contributed by atoms with Crippen LogP contribution in [-0.2, 0) is 0 Å². The van der Waals surface area contributed by atoms with E-state index in [-0.39, 0.29) is 0 Å². The van der Waals surface area contributed by atoms with Gasteiger partial charge in [0.15, 0.2) is 0 Å². The first-order valence-corrected chi connectivity index (χ1v) is 4.44. The van der Waals surface area contributed by atoms with Gasteiger partial charge in [0.05, 0.1) is 0 Å². The molecule has 0 aliphatic rings. The Kier molecular flexibility index (Phi) is 2.69. The molecule has 0 saturated carbocycles. The normalized spacial score (nSPS) is 11.3. The van der Waals surface area contributed by atoms with Crippen molar-refractivity contribution in [2.75, 3.05) is 0 Å². The molecule has 1 aromatic heterocycles. The molecule has 1 N–H and O–H groups in total. The zero-order chi connectivity index (χ0) is 10.5. The van der Waals surface area contributed by atoms with Gasteiger partial charge >= 0.3 is 0 Å². The molecule has 0 bridgehead atoms. The van der Waals surface area contributed by atoms with Crippen LogP contribution in [0.5, 0.6) is 0 Å². The van der Waals surface area contributed by atoms with E-state index < -0.39 is 0 Å². The van der Waals surface area contributed by atoms with Crippen LogP contribution in [0.15, 0.2) is 54.2 Å². The van der Waals surface area contributed by atoms with Crippen molar-refractivity contribution in [1.29, 1.82) is 0 Å². The molecule has 0 unspecified atom stereocenters. The number of aromatic nitrogens is 2. The molecule has 74 valence electrons. The van der Waals surface area contributed by atoms with E-state index in [9.17, 15) is 0 Å². The monoisotopic (exact) mass is 199 g/mol. The van der Waals surface area contributed by atoms with Gasteiger partial charge in [0.2, 0.25) is 0 Å². The van der Waals surface area contributed by atoms with Gasteiger partial charge in [-0.1, -0.05) is 35.5 Å². The third-order valence-electron chi connectivity index (χ3n) is 1.98. The summed E-state index contributed by atoms with van der Waals surface area (Å²) < 4.78 is 0. The van der Waals surface area contributed by atoms with Gasteiger partial charge in [-0.15, -0.1) is 0 Å². The molecule has 2 aromatic rings. The van der Waals surface area contributed by atoms with Gasteiger partial charge in [-0.2, -0.15) is 0 Å². The van der Waals surface area contributed by atoms with Gasteiger partial charge in [0.1, 0.15) is 12.0 Å². The minimum Gasteiger partial charge on any atom is -0.410 e. The molecule has 15 heavy (non-hydrogen) atoms. The topological polar surface area (TPSA) is 58.4 Å². The number of rotatable bonds is 2. The summed E-state index contributed by atoms with van der Waals surface area (Å²) >= 11 is 0. The zero-order valence-electron chi connectivity index (χ0n) is 7.91. The van der Waals surface area contributed by atoms with E-state index in [1.54, 1.807) is 12.4 Å². The molecule has 4 nitrogen and oxygen atoms in total. The SMILES string of the molecule is O/N=C(/c1ccccc1)c1cncnc1. The number of nitrogens with zero attached hydrogens (tertiary/aromatic N) is 3. The van der Waals surface area contributed by atoms with Crippen molar-refractivity contribution < 1.29 is 5.21 Å². The third kappa shape index (κ3) is 1.99. The predicted molar refractivity (Wildman–Crippen MR) is 55.9 cm³/mol. The molecular formula is C11H9N3O. The lowest BCUT2D eigenvalue weighted by atomic mass is 10.1. The maximum atomic E-state index is 8.97.